The van der Waals surface area contributed by atoms with E-state index in [0.717, 1.165) is 5.52 Å². The van der Waals surface area contributed by atoms with Gasteiger partial charge in [0.1, 0.15) is 0 Å². The maximum absolute atomic E-state index is 5.84. The zero-order valence-corrected chi connectivity index (χ0v) is 12.0. The fraction of sp³-hybridized carbons (Fsp3) is 0.500. The molecule has 1 aromatic heterocycles. The van der Waals surface area contributed by atoms with Gasteiger partial charge in [-0.1, -0.05) is 39.0 Å². The molecule has 0 spiro atoms. The van der Waals surface area contributed by atoms with Crippen molar-refractivity contribution >= 4 is 26.7 Å². The van der Waals surface area contributed by atoms with Gasteiger partial charge >= 0.3 is 0 Å². The first-order chi connectivity index (χ1) is 7.91. The van der Waals surface area contributed by atoms with E-state index in [-0.39, 0.29) is 0 Å². The van der Waals surface area contributed by atoms with Crippen LogP contribution in [0.1, 0.15) is 56.2 Å². The van der Waals surface area contributed by atoms with Crippen molar-refractivity contribution in [3.63, 3.8) is 0 Å². The number of nitrogens with two attached hydrogens (primary N) is 1. The van der Waals surface area contributed by atoms with E-state index in [1.54, 1.807) is 11.3 Å². The van der Waals surface area contributed by atoms with Crippen LogP contribution < -0.4 is 5.73 Å². The highest BCUT2D eigenvalue weighted by atomic mass is 32.1. The largest absolute Gasteiger partial charge is 0.375 e. The van der Waals surface area contributed by atoms with Crippen LogP contribution in [0.15, 0.2) is 6.07 Å². The van der Waals surface area contributed by atoms with Gasteiger partial charge in [-0.3, -0.25) is 0 Å². The van der Waals surface area contributed by atoms with Crippen molar-refractivity contribution in [2.75, 3.05) is 5.73 Å². The quantitative estimate of drug-likeness (QED) is 0.853. The second-order valence-corrected chi connectivity index (χ2v) is 6.29. The number of aromatic nitrogens is 1. The van der Waals surface area contributed by atoms with Crippen LogP contribution in [0.4, 0.5) is 5.13 Å². The predicted octanol–water partition coefficient (Wildman–Crippen LogP) is 4.43. The highest BCUT2D eigenvalue weighted by Gasteiger charge is 2.18. The molecule has 0 saturated heterocycles. The number of fused-ring (bicyclic) bond motifs is 1. The molecule has 0 unspecified atom stereocenters. The second kappa shape index (κ2) is 4.30. The maximum Gasteiger partial charge on any atom is 0.181 e. The third kappa shape index (κ3) is 2.04. The summed E-state index contributed by atoms with van der Waals surface area (Å²) in [6.07, 6.45) is 0. The van der Waals surface area contributed by atoms with Crippen LogP contribution in [0.5, 0.6) is 0 Å². The number of nitrogen functional groups attached to an aromatic ring is 1. The van der Waals surface area contributed by atoms with Crippen LogP contribution in [-0.2, 0) is 0 Å². The van der Waals surface area contributed by atoms with E-state index >= 15 is 0 Å². The second-order valence-electron chi connectivity index (χ2n) is 5.23. The Balaban J connectivity index is 2.87. The molecule has 0 atom stereocenters. The van der Waals surface area contributed by atoms with Gasteiger partial charge in [-0.05, 0) is 41.5 Å². The van der Waals surface area contributed by atoms with Crippen LogP contribution >= 0.6 is 11.3 Å². The lowest BCUT2D eigenvalue weighted by Gasteiger charge is -2.19. The van der Waals surface area contributed by atoms with E-state index in [1.165, 1.54) is 21.4 Å². The average molecular weight is 248 g/mol. The van der Waals surface area contributed by atoms with Crippen molar-refractivity contribution in [1.29, 1.82) is 0 Å². The van der Waals surface area contributed by atoms with Gasteiger partial charge < -0.3 is 5.73 Å². The maximum atomic E-state index is 5.84. The first kappa shape index (κ1) is 12.4. The summed E-state index contributed by atoms with van der Waals surface area (Å²) in [6.45, 7) is 11.1. The Labute approximate surface area is 107 Å². The number of nitrogens with zero attached hydrogens (tertiary/aromatic N) is 1. The van der Waals surface area contributed by atoms with Gasteiger partial charge in [0.05, 0.1) is 10.2 Å². The smallest absolute Gasteiger partial charge is 0.181 e. The third-order valence-electron chi connectivity index (χ3n) is 3.14. The first-order valence-electron chi connectivity index (χ1n) is 6.11. The molecule has 2 aromatic rings. The summed E-state index contributed by atoms with van der Waals surface area (Å²) in [6, 6.07) is 2.23. The first-order valence-corrected chi connectivity index (χ1v) is 6.92. The SMILES string of the molecule is Cc1cc2sc(N)nc2c(C(C)C)c1C(C)C. The van der Waals surface area contributed by atoms with Gasteiger partial charge in [-0.15, -0.1) is 0 Å². The molecule has 0 aliphatic rings. The monoisotopic (exact) mass is 248 g/mol. The van der Waals surface area contributed by atoms with Crippen molar-refractivity contribution < 1.29 is 0 Å². The van der Waals surface area contributed by atoms with E-state index in [0.29, 0.717) is 17.0 Å². The van der Waals surface area contributed by atoms with Crippen molar-refractivity contribution in [2.24, 2.45) is 0 Å². The van der Waals surface area contributed by atoms with E-state index in [9.17, 15) is 0 Å². The minimum Gasteiger partial charge on any atom is -0.375 e. The molecular weight excluding hydrogens is 228 g/mol. The minimum atomic E-state index is 0.483. The van der Waals surface area contributed by atoms with Gasteiger partial charge in [0, 0.05) is 0 Å². The Bertz CT molecular complexity index is 553. The normalized spacial score (nSPS) is 11.9. The molecule has 0 bridgehead atoms. The van der Waals surface area contributed by atoms with Gasteiger partial charge in [0.25, 0.3) is 0 Å². The van der Waals surface area contributed by atoms with Crippen LogP contribution in [0, 0.1) is 6.92 Å². The predicted molar refractivity (Wildman–Crippen MR) is 76.9 cm³/mol. The molecule has 0 amide bonds. The Kier molecular flexibility index (Phi) is 3.13. The van der Waals surface area contributed by atoms with Crippen LogP contribution in [-0.4, -0.2) is 4.98 Å². The molecule has 1 heterocycles. The van der Waals surface area contributed by atoms with Crippen molar-refractivity contribution in [2.45, 2.75) is 46.5 Å². The molecule has 0 radical (unpaired) electrons. The topological polar surface area (TPSA) is 38.9 Å². The van der Waals surface area contributed by atoms with E-state index in [2.05, 4.69) is 45.7 Å². The standard InChI is InChI=1S/C14H20N2S/c1-7(2)11-9(5)6-10-13(12(11)8(3)4)16-14(15)17-10/h6-8H,1-5H3,(H2,15,16). The highest BCUT2D eigenvalue weighted by Crippen LogP contribution is 2.37. The van der Waals surface area contributed by atoms with Gasteiger partial charge in [0.2, 0.25) is 0 Å². The molecule has 1 aromatic carbocycles. The molecule has 92 valence electrons. The van der Waals surface area contributed by atoms with Crippen LogP contribution in [0.2, 0.25) is 0 Å². The number of hydrogen-bond donors (Lipinski definition) is 1. The summed E-state index contributed by atoms with van der Waals surface area (Å²) >= 11 is 1.58. The number of anilines is 1. The Morgan fingerprint density at radius 1 is 1.12 bits per heavy atom. The molecular formula is C14H20N2S. The molecule has 0 aliphatic carbocycles. The fourth-order valence-corrected chi connectivity index (χ4v) is 3.46. The zero-order chi connectivity index (χ0) is 12.7. The highest BCUT2D eigenvalue weighted by molar-refractivity contribution is 7.22. The number of thiazole rings is 1. The number of hydrogen-bond acceptors (Lipinski definition) is 3. The summed E-state index contributed by atoms with van der Waals surface area (Å²) < 4.78 is 1.22. The van der Waals surface area contributed by atoms with Gasteiger partial charge in [0.15, 0.2) is 5.13 Å². The average Bonchev–Trinajstić information content (AvgIpc) is 2.54. The molecule has 0 fully saturated rings. The molecule has 2 nitrogen and oxygen atoms in total. The Morgan fingerprint density at radius 2 is 1.71 bits per heavy atom. The summed E-state index contributed by atoms with van der Waals surface area (Å²) in [5, 5.41) is 0.669. The lowest BCUT2D eigenvalue weighted by atomic mass is 9.86. The van der Waals surface area contributed by atoms with Gasteiger partial charge in [-0.2, -0.15) is 0 Å². The molecule has 0 aliphatic heterocycles. The van der Waals surface area contributed by atoms with E-state index < -0.39 is 0 Å². The molecule has 2 N–H and O–H groups in total. The lowest BCUT2D eigenvalue weighted by molar-refractivity contribution is 0.789. The summed E-state index contributed by atoms with van der Waals surface area (Å²) in [5.41, 5.74) is 11.1. The Morgan fingerprint density at radius 3 is 2.24 bits per heavy atom. The van der Waals surface area contributed by atoms with Crippen molar-refractivity contribution in [3.8, 4) is 0 Å². The summed E-state index contributed by atoms with van der Waals surface area (Å²) in [5.74, 6) is 1.01. The third-order valence-corrected chi connectivity index (χ3v) is 3.97. The number of benzene rings is 1. The molecule has 2 rings (SSSR count). The van der Waals surface area contributed by atoms with Crippen molar-refractivity contribution in [1.82, 2.24) is 4.98 Å². The summed E-state index contributed by atoms with van der Waals surface area (Å²) in [7, 11) is 0. The zero-order valence-electron chi connectivity index (χ0n) is 11.2. The molecule has 3 heteroatoms. The number of aryl methyl sites for hydroxylation is 1. The van der Waals surface area contributed by atoms with Gasteiger partial charge in [-0.25, -0.2) is 4.98 Å². The van der Waals surface area contributed by atoms with E-state index in [1.807, 2.05) is 0 Å². The molecule has 0 saturated carbocycles. The Hall–Kier alpha value is -1.09. The lowest BCUT2D eigenvalue weighted by Crippen LogP contribution is -2.02. The van der Waals surface area contributed by atoms with Crippen LogP contribution in [0.25, 0.3) is 10.2 Å². The fourth-order valence-electron chi connectivity index (χ4n) is 2.61. The van der Waals surface area contributed by atoms with E-state index in [4.69, 9.17) is 5.73 Å². The number of rotatable bonds is 2. The summed E-state index contributed by atoms with van der Waals surface area (Å²) in [4.78, 5) is 4.51. The molecule has 17 heavy (non-hydrogen) atoms. The van der Waals surface area contributed by atoms with Crippen molar-refractivity contribution in [3.05, 3.63) is 22.8 Å². The van der Waals surface area contributed by atoms with Crippen LogP contribution in [0.3, 0.4) is 0 Å². The minimum absolute atomic E-state index is 0.483.